The molecule has 0 aromatic heterocycles. The number of nitrogens with one attached hydrogen (secondary N) is 1. The molecule has 0 saturated carbocycles. The van der Waals surface area contributed by atoms with Crippen molar-refractivity contribution >= 4 is 21.6 Å². The van der Waals surface area contributed by atoms with Crippen molar-refractivity contribution in [1.29, 1.82) is 0 Å². The Morgan fingerprint density at radius 3 is 2.84 bits per heavy atom. The van der Waals surface area contributed by atoms with Gasteiger partial charge in [0.25, 0.3) is 0 Å². The minimum Gasteiger partial charge on any atom is -0.371 e. The van der Waals surface area contributed by atoms with Crippen LogP contribution in [-0.4, -0.2) is 26.2 Å². The standard InChI is InChI=1S/C16H25BrN2/c1-12(2)9-18-10-14-4-5-19(11-14)16-7-13(3)6-15(17)8-16/h6-8,12,14,18H,4-5,9-11H2,1-3H3. The zero-order chi connectivity index (χ0) is 13.8. The smallest absolute Gasteiger partial charge is 0.0380 e. The minimum absolute atomic E-state index is 0.741. The molecule has 2 rings (SSSR count). The number of anilines is 1. The van der Waals surface area contributed by atoms with Crippen molar-refractivity contribution in [1.82, 2.24) is 5.32 Å². The lowest BCUT2D eigenvalue weighted by Gasteiger charge is -2.20. The average Bonchev–Trinajstić information content (AvgIpc) is 2.76. The molecule has 1 atom stereocenters. The number of nitrogens with zero attached hydrogens (tertiary/aromatic N) is 1. The first-order valence-corrected chi connectivity index (χ1v) is 8.06. The quantitative estimate of drug-likeness (QED) is 0.885. The molecule has 19 heavy (non-hydrogen) atoms. The van der Waals surface area contributed by atoms with Crippen LogP contribution in [0.5, 0.6) is 0 Å². The highest BCUT2D eigenvalue weighted by atomic mass is 79.9. The van der Waals surface area contributed by atoms with E-state index >= 15 is 0 Å². The summed E-state index contributed by atoms with van der Waals surface area (Å²) in [4.78, 5) is 2.51. The maximum Gasteiger partial charge on any atom is 0.0380 e. The van der Waals surface area contributed by atoms with Gasteiger partial charge in [-0.2, -0.15) is 0 Å². The van der Waals surface area contributed by atoms with Crippen LogP contribution in [0, 0.1) is 18.8 Å². The van der Waals surface area contributed by atoms with Crippen molar-refractivity contribution in [2.75, 3.05) is 31.1 Å². The van der Waals surface area contributed by atoms with Gasteiger partial charge in [0.05, 0.1) is 0 Å². The summed E-state index contributed by atoms with van der Waals surface area (Å²) in [6.07, 6.45) is 1.30. The van der Waals surface area contributed by atoms with Crippen molar-refractivity contribution in [2.45, 2.75) is 27.2 Å². The third-order valence-electron chi connectivity index (χ3n) is 3.66. The second-order valence-electron chi connectivity index (χ2n) is 6.14. The molecular formula is C16H25BrN2. The second-order valence-corrected chi connectivity index (χ2v) is 7.06. The van der Waals surface area contributed by atoms with E-state index in [2.05, 4.69) is 65.1 Å². The summed E-state index contributed by atoms with van der Waals surface area (Å²) in [7, 11) is 0. The van der Waals surface area contributed by atoms with E-state index in [0.29, 0.717) is 0 Å². The van der Waals surface area contributed by atoms with E-state index in [9.17, 15) is 0 Å². The normalized spacial score (nSPS) is 19.4. The van der Waals surface area contributed by atoms with Crippen molar-refractivity contribution in [3.8, 4) is 0 Å². The van der Waals surface area contributed by atoms with Crippen molar-refractivity contribution < 1.29 is 0 Å². The molecule has 0 radical (unpaired) electrons. The first-order valence-electron chi connectivity index (χ1n) is 7.27. The van der Waals surface area contributed by atoms with Crippen LogP contribution in [0.1, 0.15) is 25.8 Å². The fourth-order valence-corrected chi connectivity index (χ4v) is 3.31. The average molecular weight is 325 g/mol. The minimum atomic E-state index is 0.741. The lowest BCUT2D eigenvalue weighted by Crippen LogP contribution is -2.28. The van der Waals surface area contributed by atoms with E-state index in [-0.39, 0.29) is 0 Å². The van der Waals surface area contributed by atoms with E-state index in [1.54, 1.807) is 0 Å². The molecule has 1 unspecified atom stereocenters. The van der Waals surface area contributed by atoms with Gasteiger partial charge in [-0.1, -0.05) is 29.8 Å². The van der Waals surface area contributed by atoms with E-state index in [4.69, 9.17) is 0 Å². The summed E-state index contributed by atoms with van der Waals surface area (Å²) < 4.78 is 1.18. The van der Waals surface area contributed by atoms with Crippen molar-refractivity contribution in [3.63, 3.8) is 0 Å². The summed E-state index contributed by atoms with van der Waals surface area (Å²) >= 11 is 3.59. The van der Waals surface area contributed by atoms with Crippen molar-refractivity contribution in [2.24, 2.45) is 11.8 Å². The third-order valence-corrected chi connectivity index (χ3v) is 4.12. The Balaban J connectivity index is 1.87. The van der Waals surface area contributed by atoms with Gasteiger partial charge in [-0.05, 0) is 62.0 Å². The number of halogens is 1. The topological polar surface area (TPSA) is 15.3 Å². The third kappa shape index (κ3) is 4.50. The van der Waals surface area contributed by atoms with Crippen LogP contribution in [0.4, 0.5) is 5.69 Å². The molecule has 1 heterocycles. The second kappa shape index (κ2) is 6.76. The van der Waals surface area contributed by atoms with Crippen LogP contribution in [0.25, 0.3) is 0 Å². The van der Waals surface area contributed by atoms with Gasteiger partial charge in [-0.3, -0.25) is 0 Å². The summed E-state index contributed by atoms with van der Waals surface area (Å²) in [5.41, 5.74) is 2.68. The number of benzene rings is 1. The Labute approximate surface area is 125 Å². The molecule has 0 bridgehead atoms. The summed E-state index contributed by atoms with van der Waals surface area (Å²) in [5.74, 6) is 1.53. The van der Waals surface area contributed by atoms with E-state index in [1.165, 1.54) is 35.2 Å². The number of hydrogen-bond acceptors (Lipinski definition) is 2. The molecule has 0 amide bonds. The van der Waals surface area contributed by atoms with Crippen LogP contribution in [0.2, 0.25) is 0 Å². The Hall–Kier alpha value is -0.540. The van der Waals surface area contributed by atoms with Gasteiger partial charge in [-0.15, -0.1) is 0 Å². The molecule has 106 valence electrons. The van der Waals surface area contributed by atoms with Crippen LogP contribution in [-0.2, 0) is 0 Å². The summed E-state index contributed by atoms with van der Waals surface area (Å²) in [6, 6.07) is 6.69. The van der Waals surface area contributed by atoms with Gasteiger partial charge in [0, 0.05) is 23.2 Å². The molecule has 1 aliphatic heterocycles. The first kappa shape index (κ1) is 14.9. The Morgan fingerprint density at radius 1 is 1.37 bits per heavy atom. The highest BCUT2D eigenvalue weighted by Gasteiger charge is 2.22. The van der Waals surface area contributed by atoms with Gasteiger partial charge < -0.3 is 10.2 Å². The molecule has 1 saturated heterocycles. The Morgan fingerprint density at radius 2 is 2.16 bits per heavy atom. The molecular weight excluding hydrogens is 300 g/mol. The lowest BCUT2D eigenvalue weighted by molar-refractivity contribution is 0.477. The predicted octanol–water partition coefficient (Wildman–Crippen LogP) is 3.83. The Kier molecular flexibility index (Phi) is 5.28. The molecule has 3 heteroatoms. The molecule has 1 N–H and O–H groups in total. The largest absolute Gasteiger partial charge is 0.371 e. The maximum atomic E-state index is 3.59. The van der Waals surface area contributed by atoms with Crippen LogP contribution < -0.4 is 10.2 Å². The summed E-state index contributed by atoms with van der Waals surface area (Å²) in [5, 5.41) is 3.59. The highest BCUT2D eigenvalue weighted by Crippen LogP contribution is 2.27. The zero-order valence-corrected chi connectivity index (χ0v) is 13.8. The van der Waals surface area contributed by atoms with Gasteiger partial charge in [0.15, 0.2) is 0 Å². The number of rotatable bonds is 5. The Bertz CT molecular complexity index is 397. The molecule has 1 aromatic carbocycles. The predicted molar refractivity (Wildman–Crippen MR) is 86.9 cm³/mol. The molecule has 0 spiro atoms. The molecule has 1 aromatic rings. The fraction of sp³-hybridized carbons (Fsp3) is 0.625. The molecule has 2 nitrogen and oxygen atoms in total. The van der Waals surface area contributed by atoms with E-state index in [0.717, 1.165) is 24.9 Å². The van der Waals surface area contributed by atoms with Gasteiger partial charge >= 0.3 is 0 Å². The number of hydrogen-bond donors (Lipinski definition) is 1. The molecule has 1 fully saturated rings. The van der Waals surface area contributed by atoms with Crippen LogP contribution in [0.3, 0.4) is 0 Å². The monoisotopic (exact) mass is 324 g/mol. The highest BCUT2D eigenvalue weighted by molar-refractivity contribution is 9.10. The SMILES string of the molecule is Cc1cc(Br)cc(N2CCC(CNCC(C)C)C2)c1. The zero-order valence-electron chi connectivity index (χ0n) is 12.2. The molecule has 0 aliphatic carbocycles. The van der Waals surface area contributed by atoms with Crippen molar-refractivity contribution in [3.05, 3.63) is 28.2 Å². The van der Waals surface area contributed by atoms with Gasteiger partial charge in [0.2, 0.25) is 0 Å². The fourth-order valence-electron chi connectivity index (χ4n) is 2.71. The number of aryl methyl sites for hydroxylation is 1. The van der Waals surface area contributed by atoms with E-state index < -0.39 is 0 Å². The lowest BCUT2D eigenvalue weighted by atomic mass is 10.1. The summed E-state index contributed by atoms with van der Waals surface area (Å²) in [6.45, 7) is 11.3. The van der Waals surface area contributed by atoms with Crippen LogP contribution in [0.15, 0.2) is 22.7 Å². The van der Waals surface area contributed by atoms with E-state index in [1.807, 2.05) is 0 Å². The molecule has 1 aliphatic rings. The van der Waals surface area contributed by atoms with Gasteiger partial charge in [0.1, 0.15) is 0 Å². The first-order chi connectivity index (χ1) is 9.04. The maximum absolute atomic E-state index is 3.59. The van der Waals surface area contributed by atoms with Crippen LogP contribution >= 0.6 is 15.9 Å². The van der Waals surface area contributed by atoms with Gasteiger partial charge in [-0.25, -0.2) is 0 Å².